The SMILES string of the molecule is Cc1cc(-c2c(OCCNS(=O)(=O)NC(=O)OC(C)(C)C)nc(N)nc2-c2ccc(F)cc2)cc(C(F)F)n1. The van der Waals surface area contributed by atoms with Crippen LogP contribution < -0.4 is 19.9 Å². The fourth-order valence-corrected chi connectivity index (χ4v) is 4.04. The van der Waals surface area contributed by atoms with Gasteiger partial charge < -0.3 is 15.2 Å². The number of carbonyl (C=O) groups excluding carboxylic acids is 1. The first-order valence-electron chi connectivity index (χ1n) is 11.5. The Hall–Kier alpha value is -3.98. The van der Waals surface area contributed by atoms with Crippen molar-refractivity contribution in [2.24, 2.45) is 0 Å². The minimum atomic E-state index is -4.29. The molecule has 0 aliphatic heterocycles. The maximum absolute atomic E-state index is 13.6. The molecule has 4 N–H and O–H groups in total. The minimum absolute atomic E-state index is 0.146. The lowest BCUT2D eigenvalue weighted by atomic mass is 9.99. The Morgan fingerprint density at radius 1 is 1.08 bits per heavy atom. The molecule has 0 aliphatic carbocycles. The zero-order chi connectivity index (χ0) is 29.0. The normalized spacial score (nSPS) is 11.9. The van der Waals surface area contributed by atoms with Crippen LogP contribution in [0.2, 0.25) is 0 Å². The van der Waals surface area contributed by atoms with Crippen molar-refractivity contribution in [2.45, 2.75) is 39.7 Å². The van der Waals surface area contributed by atoms with Crippen molar-refractivity contribution in [3.63, 3.8) is 0 Å². The van der Waals surface area contributed by atoms with Crippen LogP contribution in [-0.2, 0) is 14.9 Å². The van der Waals surface area contributed by atoms with E-state index in [2.05, 4.69) is 19.7 Å². The summed E-state index contributed by atoms with van der Waals surface area (Å²) in [5, 5.41) is 0. The lowest BCUT2D eigenvalue weighted by Crippen LogP contribution is -2.43. The highest BCUT2D eigenvalue weighted by Gasteiger charge is 2.23. The van der Waals surface area contributed by atoms with Crippen molar-refractivity contribution in [1.82, 2.24) is 24.4 Å². The number of nitrogens with zero attached hydrogens (tertiary/aromatic N) is 3. The molecule has 3 rings (SSSR count). The van der Waals surface area contributed by atoms with Crippen molar-refractivity contribution >= 4 is 22.3 Å². The number of alkyl halides is 2. The molecule has 0 saturated carbocycles. The molecule has 39 heavy (non-hydrogen) atoms. The molecule has 0 spiro atoms. The number of nitrogens with two attached hydrogens (primary N) is 1. The molecule has 2 heterocycles. The number of rotatable bonds is 9. The fourth-order valence-electron chi connectivity index (χ4n) is 3.36. The first kappa shape index (κ1) is 29.6. The van der Waals surface area contributed by atoms with Gasteiger partial charge in [0.25, 0.3) is 6.43 Å². The number of nitrogens with one attached hydrogen (secondary N) is 2. The number of carbonyl (C=O) groups is 1. The van der Waals surface area contributed by atoms with Crippen molar-refractivity contribution < 1.29 is 35.9 Å². The van der Waals surface area contributed by atoms with Crippen LogP contribution in [0, 0.1) is 12.7 Å². The zero-order valence-corrected chi connectivity index (χ0v) is 22.3. The third-order valence-electron chi connectivity index (χ3n) is 4.75. The third-order valence-corrected chi connectivity index (χ3v) is 5.77. The summed E-state index contributed by atoms with van der Waals surface area (Å²) in [6.45, 7) is 5.59. The second-order valence-corrected chi connectivity index (χ2v) is 10.7. The largest absolute Gasteiger partial charge is 0.476 e. The van der Waals surface area contributed by atoms with Gasteiger partial charge >= 0.3 is 16.3 Å². The van der Waals surface area contributed by atoms with Gasteiger partial charge in [-0.15, -0.1) is 0 Å². The van der Waals surface area contributed by atoms with Crippen LogP contribution in [0.3, 0.4) is 0 Å². The minimum Gasteiger partial charge on any atom is -0.476 e. The van der Waals surface area contributed by atoms with Gasteiger partial charge in [-0.1, -0.05) is 0 Å². The Bertz CT molecular complexity index is 1450. The molecule has 0 fully saturated rings. The second kappa shape index (κ2) is 11.8. The van der Waals surface area contributed by atoms with E-state index in [0.717, 1.165) is 6.07 Å². The van der Waals surface area contributed by atoms with Gasteiger partial charge in [0.05, 0.1) is 11.3 Å². The average molecular weight is 569 g/mol. The lowest BCUT2D eigenvalue weighted by Gasteiger charge is -2.19. The monoisotopic (exact) mass is 568 g/mol. The Morgan fingerprint density at radius 2 is 1.74 bits per heavy atom. The van der Waals surface area contributed by atoms with E-state index < -0.39 is 39.8 Å². The van der Waals surface area contributed by atoms with Gasteiger partial charge in [0, 0.05) is 17.8 Å². The maximum atomic E-state index is 13.6. The molecule has 0 radical (unpaired) electrons. The second-order valence-electron chi connectivity index (χ2n) is 9.19. The van der Waals surface area contributed by atoms with Crippen LogP contribution >= 0.6 is 0 Å². The summed E-state index contributed by atoms with van der Waals surface area (Å²) in [6, 6.07) is 7.86. The zero-order valence-electron chi connectivity index (χ0n) is 21.5. The first-order chi connectivity index (χ1) is 18.1. The number of amides is 1. The Kier molecular flexibility index (Phi) is 8.96. The number of pyridine rings is 1. The fraction of sp³-hybridized carbons (Fsp3) is 0.333. The maximum Gasteiger partial charge on any atom is 0.422 e. The number of aromatic nitrogens is 3. The summed E-state index contributed by atoms with van der Waals surface area (Å²) in [6.07, 6.45) is -4.04. The summed E-state index contributed by atoms with van der Waals surface area (Å²) in [4.78, 5) is 23.9. The molecule has 210 valence electrons. The quantitative estimate of drug-likeness (QED) is 0.325. The highest BCUT2D eigenvalue weighted by molar-refractivity contribution is 7.88. The summed E-state index contributed by atoms with van der Waals surface area (Å²) in [7, 11) is -4.29. The van der Waals surface area contributed by atoms with Crippen LogP contribution in [0.15, 0.2) is 36.4 Å². The van der Waals surface area contributed by atoms with E-state index in [1.54, 1.807) is 25.5 Å². The molecular weight excluding hydrogens is 541 g/mol. The van der Waals surface area contributed by atoms with Crippen molar-refractivity contribution in [2.75, 3.05) is 18.9 Å². The molecular formula is C24H27F3N6O5S. The smallest absolute Gasteiger partial charge is 0.422 e. The molecule has 0 atom stereocenters. The van der Waals surface area contributed by atoms with E-state index in [9.17, 15) is 26.4 Å². The van der Waals surface area contributed by atoms with Crippen LogP contribution in [-0.4, -0.2) is 48.2 Å². The molecule has 0 aliphatic rings. The van der Waals surface area contributed by atoms with Gasteiger partial charge in [0.2, 0.25) is 11.8 Å². The van der Waals surface area contributed by atoms with E-state index in [4.69, 9.17) is 15.2 Å². The predicted octanol–water partition coefficient (Wildman–Crippen LogP) is 3.91. The van der Waals surface area contributed by atoms with Gasteiger partial charge in [0.1, 0.15) is 23.7 Å². The van der Waals surface area contributed by atoms with E-state index in [-0.39, 0.29) is 47.5 Å². The van der Waals surface area contributed by atoms with E-state index in [0.29, 0.717) is 5.56 Å². The molecule has 1 amide bonds. The van der Waals surface area contributed by atoms with E-state index in [1.165, 1.54) is 37.3 Å². The molecule has 1 aromatic carbocycles. The number of benzene rings is 1. The molecule has 0 bridgehead atoms. The molecule has 2 aromatic heterocycles. The average Bonchev–Trinajstić information content (AvgIpc) is 2.80. The molecule has 0 unspecified atom stereocenters. The van der Waals surface area contributed by atoms with Gasteiger partial charge in [-0.3, -0.25) is 4.98 Å². The van der Waals surface area contributed by atoms with Crippen LogP contribution in [0.5, 0.6) is 5.88 Å². The molecule has 3 aromatic rings. The summed E-state index contributed by atoms with van der Waals surface area (Å²) < 4.78 is 79.4. The number of ether oxygens (including phenoxy) is 2. The third kappa shape index (κ3) is 8.51. The van der Waals surface area contributed by atoms with E-state index >= 15 is 0 Å². The van der Waals surface area contributed by atoms with Gasteiger partial charge in [0.15, 0.2) is 0 Å². The Labute approximate surface area is 223 Å². The number of hydrogen-bond donors (Lipinski definition) is 3. The number of nitrogen functional groups attached to an aromatic ring is 1. The van der Waals surface area contributed by atoms with Crippen LogP contribution in [0.4, 0.5) is 23.9 Å². The standard InChI is InChI=1S/C24H27F3N6O5S/c1-13-11-15(12-17(30-13)20(26)27)18-19(14-5-7-16(25)8-6-14)31-22(28)32-21(18)37-10-9-29-39(35,36)33-23(34)38-24(2,3)4/h5-8,11-12,20,29H,9-10H2,1-4H3,(H,33,34)(H2,28,31,32). The summed E-state index contributed by atoms with van der Waals surface area (Å²) in [5.41, 5.74) is 5.66. The van der Waals surface area contributed by atoms with Gasteiger partial charge in [-0.05, 0) is 69.7 Å². The number of anilines is 1. The number of halogens is 3. The lowest BCUT2D eigenvalue weighted by molar-refractivity contribution is 0.0569. The van der Waals surface area contributed by atoms with Crippen molar-refractivity contribution in [1.29, 1.82) is 0 Å². The number of aryl methyl sites for hydroxylation is 1. The molecule has 15 heteroatoms. The molecule has 11 nitrogen and oxygen atoms in total. The Morgan fingerprint density at radius 3 is 2.36 bits per heavy atom. The molecule has 0 saturated heterocycles. The van der Waals surface area contributed by atoms with Crippen molar-refractivity contribution in [3.05, 3.63) is 53.6 Å². The Balaban J connectivity index is 1.92. The highest BCUT2D eigenvalue weighted by atomic mass is 32.2. The van der Waals surface area contributed by atoms with Gasteiger partial charge in [-0.25, -0.2) is 27.7 Å². The summed E-state index contributed by atoms with van der Waals surface area (Å²) >= 11 is 0. The first-order valence-corrected chi connectivity index (χ1v) is 13.0. The highest BCUT2D eigenvalue weighted by Crippen LogP contribution is 2.39. The van der Waals surface area contributed by atoms with Gasteiger partial charge in [-0.2, -0.15) is 18.1 Å². The van der Waals surface area contributed by atoms with Crippen LogP contribution in [0.25, 0.3) is 22.4 Å². The predicted molar refractivity (Wildman–Crippen MR) is 137 cm³/mol. The summed E-state index contributed by atoms with van der Waals surface area (Å²) in [5.74, 6) is -0.891. The number of hydrogen-bond acceptors (Lipinski definition) is 9. The topological polar surface area (TPSA) is 158 Å². The van der Waals surface area contributed by atoms with Crippen LogP contribution in [0.1, 0.15) is 38.6 Å². The van der Waals surface area contributed by atoms with E-state index in [1.807, 2.05) is 0 Å². The van der Waals surface area contributed by atoms with Crippen molar-refractivity contribution in [3.8, 4) is 28.3 Å².